The summed E-state index contributed by atoms with van der Waals surface area (Å²) in [5.41, 5.74) is 2.17. The Morgan fingerprint density at radius 2 is 2.00 bits per heavy atom. The number of amides is 1. The molecule has 1 aliphatic carbocycles. The highest BCUT2D eigenvalue weighted by molar-refractivity contribution is 5.86. The zero-order chi connectivity index (χ0) is 13.3. The van der Waals surface area contributed by atoms with Crippen molar-refractivity contribution >= 4 is 5.91 Å². The summed E-state index contributed by atoms with van der Waals surface area (Å²) in [5.74, 6) is -1.19. The summed E-state index contributed by atoms with van der Waals surface area (Å²) >= 11 is 0. The minimum Gasteiger partial charge on any atom is -0.381 e. The quantitative estimate of drug-likeness (QED) is 0.788. The number of carbonyl (C=O) groups excluding carboxylic acids is 1. The molecule has 100 valence electrons. The van der Waals surface area contributed by atoms with E-state index in [1.54, 1.807) is 0 Å². The summed E-state index contributed by atoms with van der Waals surface area (Å²) < 4.78 is 42.5. The molecule has 0 saturated heterocycles. The van der Waals surface area contributed by atoms with Gasteiger partial charge in [0.05, 0.1) is 6.10 Å². The van der Waals surface area contributed by atoms with E-state index in [1.807, 2.05) is 0 Å². The Balaban J connectivity index is 2.56. The molecule has 3 unspecified atom stereocenters. The Labute approximate surface area is 97.7 Å². The fourth-order valence-corrected chi connectivity index (χ4v) is 1.75. The highest BCUT2D eigenvalue weighted by atomic mass is 19.4. The van der Waals surface area contributed by atoms with Crippen LogP contribution in [0.15, 0.2) is 0 Å². The van der Waals surface area contributed by atoms with Crippen LogP contribution in [0, 0.1) is 0 Å². The second-order valence-corrected chi connectivity index (χ2v) is 4.54. The maximum absolute atomic E-state index is 12.5. The number of halogens is 3. The lowest BCUT2D eigenvalue weighted by Crippen LogP contribution is -2.62. The first-order valence-electron chi connectivity index (χ1n) is 5.38. The van der Waals surface area contributed by atoms with E-state index in [1.165, 1.54) is 7.11 Å². The Morgan fingerprint density at radius 1 is 1.41 bits per heavy atom. The van der Waals surface area contributed by atoms with Crippen LogP contribution in [0.1, 0.15) is 26.2 Å². The molecule has 0 radical (unpaired) electrons. The summed E-state index contributed by atoms with van der Waals surface area (Å²) in [6, 6.07) is -0.294. The number of ether oxygens (including phenoxy) is 1. The average Bonchev–Trinajstić information content (AvgIpc) is 2.63. The van der Waals surface area contributed by atoms with Gasteiger partial charge in [0.25, 0.3) is 0 Å². The molecule has 7 heteroatoms. The van der Waals surface area contributed by atoms with E-state index in [0.717, 1.165) is 6.42 Å². The first kappa shape index (κ1) is 14.2. The topological polar surface area (TPSA) is 64.3 Å². The van der Waals surface area contributed by atoms with E-state index in [2.05, 4.69) is 5.32 Å². The molecule has 1 saturated carbocycles. The van der Waals surface area contributed by atoms with Crippen molar-refractivity contribution in [3.8, 4) is 0 Å². The van der Waals surface area contributed by atoms with Gasteiger partial charge in [-0.1, -0.05) is 0 Å². The van der Waals surface area contributed by atoms with Crippen molar-refractivity contribution < 1.29 is 22.7 Å². The van der Waals surface area contributed by atoms with Crippen molar-refractivity contribution in [2.75, 3.05) is 7.11 Å². The average molecular weight is 254 g/mol. The second-order valence-electron chi connectivity index (χ2n) is 4.54. The number of nitrogens with one attached hydrogen (secondary N) is 1. The van der Waals surface area contributed by atoms with E-state index in [9.17, 15) is 18.0 Å². The van der Waals surface area contributed by atoms with Crippen LogP contribution in [-0.4, -0.2) is 36.9 Å². The molecular weight excluding hydrogens is 237 g/mol. The van der Waals surface area contributed by atoms with Gasteiger partial charge in [-0.3, -0.25) is 4.79 Å². The predicted octanol–water partition coefficient (Wildman–Crippen LogP) is 0.950. The number of rotatable bonds is 3. The van der Waals surface area contributed by atoms with Gasteiger partial charge >= 0.3 is 6.18 Å². The van der Waals surface area contributed by atoms with Crippen molar-refractivity contribution in [3.63, 3.8) is 0 Å². The predicted molar refractivity (Wildman–Crippen MR) is 55.2 cm³/mol. The van der Waals surface area contributed by atoms with Crippen LogP contribution in [-0.2, 0) is 9.53 Å². The molecule has 0 aromatic heterocycles. The lowest BCUT2D eigenvalue weighted by atomic mass is 10.0. The Hall–Kier alpha value is -0.820. The van der Waals surface area contributed by atoms with Gasteiger partial charge < -0.3 is 15.8 Å². The third-order valence-corrected chi connectivity index (χ3v) is 3.11. The Morgan fingerprint density at radius 3 is 2.41 bits per heavy atom. The molecule has 0 heterocycles. The van der Waals surface area contributed by atoms with Crippen LogP contribution in [0.2, 0.25) is 0 Å². The maximum Gasteiger partial charge on any atom is 0.415 e. The Bertz CT molecular complexity index is 292. The molecule has 3 N–H and O–H groups in total. The van der Waals surface area contributed by atoms with Gasteiger partial charge in [0.1, 0.15) is 0 Å². The molecule has 17 heavy (non-hydrogen) atoms. The van der Waals surface area contributed by atoms with E-state index < -0.39 is 17.6 Å². The zero-order valence-electron chi connectivity index (χ0n) is 9.80. The van der Waals surface area contributed by atoms with Crippen LogP contribution < -0.4 is 11.1 Å². The van der Waals surface area contributed by atoms with Crippen LogP contribution >= 0.6 is 0 Å². The minimum absolute atomic E-state index is 0.00443. The number of hydrogen-bond acceptors (Lipinski definition) is 3. The van der Waals surface area contributed by atoms with Crippen LogP contribution in [0.3, 0.4) is 0 Å². The van der Waals surface area contributed by atoms with Crippen molar-refractivity contribution in [1.29, 1.82) is 0 Å². The highest BCUT2D eigenvalue weighted by Crippen LogP contribution is 2.29. The number of methoxy groups -OCH3 is 1. The van der Waals surface area contributed by atoms with Crippen molar-refractivity contribution in [2.45, 2.75) is 50.0 Å². The van der Waals surface area contributed by atoms with E-state index in [4.69, 9.17) is 10.5 Å². The van der Waals surface area contributed by atoms with Crippen molar-refractivity contribution in [3.05, 3.63) is 0 Å². The molecule has 0 aromatic rings. The molecule has 4 nitrogen and oxygen atoms in total. The molecule has 0 aromatic carbocycles. The smallest absolute Gasteiger partial charge is 0.381 e. The third kappa shape index (κ3) is 3.10. The van der Waals surface area contributed by atoms with Crippen LogP contribution in [0.25, 0.3) is 0 Å². The monoisotopic (exact) mass is 254 g/mol. The largest absolute Gasteiger partial charge is 0.415 e. The fraction of sp³-hybridized carbons (Fsp3) is 0.900. The SMILES string of the molecule is COC1CCC(NC(=O)C(C)(N)C(F)(F)F)C1. The summed E-state index contributed by atoms with van der Waals surface area (Å²) in [6.07, 6.45) is -2.89. The second kappa shape index (κ2) is 4.81. The van der Waals surface area contributed by atoms with Crippen molar-refractivity contribution in [1.82, 2.24) is 5.32 Å². The fourth-order valence-electron chi connectivity index (χ4n) is 1.75. The molecule has 0 aliphatic heterocycles. The third-order valence-electron chi connectivity index (χ3n) is 3.11. The van der Waals surface area contributed by atoms with Gasteiger partial charge in [-0.15, -0.1) is 0 Å². The first-order valence-corrected chi connectivity index (χ1v) is 5.38. The summed E-state index contributed by atoms with van der Waals surface area (Å²) in [6.45, 7) is 0.672. The molecule has 0 bridgehead atoms. The molecule has 1 amide bonds. The van der Waals surface area contributed by atoms with Gasteiger partial charge in [0.2, 0.25) is 5.91 Å². The summed E-state index contributed by atoms with van der Waals surface area (Å²) in [7, 11) is 1.54. The number of alkyl halides is 3. The number of carbonyl (C=O) groups is 1. The Kier molecular flexibility index (Phi) is 4.03. The van der Waals surface area contributed by atoms with Gasteiger partial charge in [0, 0.05) is 13.2 Å². The van der Waals surface area contributed by atoms with E-state index in [0.29, 0.717) is 19.8 Å². The molecular formula is C10H17F3N2O2. The van der Waals surface area contributed by atoms with Gasteiger partial charge in [-0.05, 0) is 26.2 Å². The molecule has 0 spiro atoms. The van der Waals surface area contributed by atoms with Gasteiger partial charge in [0.15, 0.2) is 5.54 Å². The molecule has 1 rings (SSSR count). The lowest BCUT2D eigenvalue weighted by molar-refractivity contribution is -0.187. The summed E-state index contributed by atoms with van der Waals surface area (Å²) in [4.78, 5) is 11.5. The van der Waals surface area contributed by atoms with E-state index in [-0.39, 0.29) is 12.1 Å². The maximum atomic E-state index is 12.5. The molecule has 1 fully saturated rings. The van der Waals surface area contributed by atoms with Crippen LogP contribution in [0.4, 0.5) is 13.2 Å². The highest BCUT2D eigenvalue weighted by Gasteiger charge is 2.54. The molecule has 1 aliphatic rings. The van der Waals surface area contributed by atoms with E-state index >= 15 is 0 Å². The standard InChI is InChI=1S/C10H17F3N2O2/c1-9(14,10(11,12)13)8(16)15-6-3-4-7(5-6)17-2/h6-7H,3-5,14H2,1-2H3,(H,15,16). The number of hydrogen-bond donors (Lipinski definition) is 2. The van der Waals surface area contributed by atoms with Crippen LogP contribution in [0.5, 0.6) is 0 Å². The van der Waals surface area contributed by atoms with Crippen molar-refractivity contribution in [2.24, 2.45) is 5.73 Å². The van der Waals surface area contributed by atoms with Gasteiger partial charge in [-0.2, -0.15) is 13.2 Å². The first-order chi connectivity index (χ1) is 7.68. The zero-order valence-corrected chi connectivity index (χ0v) is 9.80. The lowest BCUT2D eigenvalue weighted by Gasteiger charge is -2.27. The number of nitrogens with two attached hydrogens (primary N) is 1. The molecule has 3 atom stereocenters. The minimum atomic E-state index is -4.75. The van der Waals surface area contributed by atoms with Gasteiger partial charge in [-0.25, -0.2) is 0 Å². The normalized spacial score (nSPS) is 28.8. The summed E-state index contributed by atoms with van der Waals surface area (Å²) in [5, 5.41) is 2.33.